The first-order valence-electron chi connectivity index (χ1n) is 27.3. The maximum absolute atomic E-state index is 14.7. The van der Waals surface area contributed by atoms with Crippen molar-refractivity contribution in [3.05, 3.63) is 87.1 Å². The number of carbonyl (C=O) groups excluding carboxylic acids is 3. The van der Waals surface area contributed by atoms with Crippen LogP contribution in [0.5, 0.6) is 5.75 Å². The second-order valence-electron chi connectivity index (χ2n) is 23.4. The van der Waals surface area contributed by atoms with Crippen LogP contribution in [0.25, 0.3) is 33.4 Å². The summed E-state index contributed by atoms with van der Waals surface area (Å²) in [5.74, 6) is 0.133. The minimum atomic E-state index is -1.13. The van der Waals surface area contributed by atoms with E-state index >= 15 is 0 Å². The molecule has 0 aromatic heterocycles. The maximum Gasteiger partial charge on any atom is 0.303 e. The summed E-state index contributed by atoms with van der Waals surface area (Å²) in [6.07, 6.45) is 18.8. The fraction of sp³-hybridized carbons (Fsp3) is 0.590. The molecule has 3 fully saturated rings. The molecule has 1 heterocycles. The summed E-state index contributed by atoms with van der Waals surface area (Å²) in [4.78, 5) is 63.8. The van der Waals surface area contributed by atoms with E-state index in [2.05, 4.69) is 46.0 Å². The summed E-state index contributed by atoms with van der Waals surface area (Å²) >= 11 is 0. The fourth-order valence-electron chi connectivity index (χ4n) is 14.3. The Hall–Kier alpha value is -5.23. The van der Waals surface area contributed by atoms with E-state index in [1.165, 1.54) is 69.9 Å². The van der Waals surface area contributed by atoms with Crippen LogP contribution in [0.1, 0.15) is 173 Å². The number of hydrogen-bond donors (Lipinski definition) is 3. The molecule has 4 unspecified atom stereocenters. The zero-order valence-electron chi connectivity index (χ0n) is 43.9. The summed E-state index contributed by atoms with van der Waals surface area (Å²) in [5.41, 5.74) is 3.07. The Kier molecular flexibility index (Phi) is 16.8. The van der Waals surface area contributed by atoms with E-state index in [-0.39, 0.29) is 83.0 Å². The lowest BCUT2D eigenvalue weighted by molar-refractivity contribution is -0.137. The Bertz CT molecular complexity index is 2760. The van der Waals surface area contributed by atoms with Crippen LogP contribution in [0.4, 0.5) is 8.78 Å². The number of unbranched alkanes of at least 4 members (excludes halogenated alkanes) is 1. The first-order valence-corrected chi connectivity index (χ1v) is 27.3. The lowest BCUT2D eigenvalue weighted by atomic mass is 9.47. The zero-order chi connectivity index (χ0) is 52.4. The summed E-state index contributed by atoms with van der Waals surface area (Å²) in [6.45, 7) is 14.8. The predicted octanol–water partition coefficient (Wildman–Crippen LogP) is 13.7. The molecule has 0 bridgehead atoms. The van der Waals surface area contributed by atoms with Gasteiger partial charge in [-0.15, -0.1) is 0 Å². The highest BCUT2D eigenvalue weighted by Crippen LogP contribution is 2.67. The second-order valence-corrected chi connectivity index (χ2v) is 23.4. The number of aryl methyl sites for hydroxylation is 1. The zero-order valence-corrected chi connectivity index (χ0v) is 43.9. The first-order chi connectivity index (χ1) is 34.8. The molecule has 6 aliphatic rings. The molecule has 5 aliphatic carbocycles. The van der Waals surface area contributed by atoms with Gasteiger partial charge in [0, 0.05) is 66.5 Å². The van der Waals surface area contributed by atoms with Crippen molar-refractivity contribution in [2.45, 2.75) is 176 Å². The number of fused-ring (bicyclic) bond motifs is 7. The van der Waals surface area contributed by atoms with Crippen LogP contribution in [0, 0.1) is 64.9 Å². The van der Waals surface area contributed by atoms with E-state index in [1.807, 2.05) is 0 Å². The second kappa shape index (κ2) is 22.7. The molecule has 12 heteroatoms. The number of carboxylic acids is 1. The molecule has 3 saturated carbocycles. The van der Waals surface area contributed by atoms with Crippen LogP contribution in [0.3, 0.4) is 0 Å². The SMILES string of the molecule is Cc1cc(C(=O)N[C@@H](CCC(=O)O)C(=O)CCCC(=O)CCCCO[C@H]2CCC3(C)C(=CC[C@H]4C3CCC3(C)C([C@H](C)CCCC(C)C)CC[C@@H]43)C2)ccc1-c1c2cc(F)c(=O)cc-2oc2cc(O)c(F)cc12. The Morgan fingerprint density at radius 3 is 2.37 bits per heavy atom. The van der Waals surface area contributed by atoms with Gasteiger partial charge < -0.3 is 24.7 Å². The van der Waals surface area contributed by atoms with Crippen molar-refractivity contribution >= 4 is 34.4 Å². The van der Waals surface area contributed by atoms with Gasteiger partial charge in [0.2, 0.25) is 5.43 Å². The Labute approximate surface area is 429 Å². The predicted molar refractivity (Wildman–Crippen MR) is 279 cm³/mol. The molecule has 73 heavy (non-hydrogen) atoms. The monoisotopic (exact) mass is 1010 g/mol. The van der Waals surface area contributed by atoms with Crippen molar-refractivity contribution in [2.24, 2.45) is 46.3 Å². The first kappa shape index (κ1) is 54.0. The van der Waals surface area contributed by atoms with Gasteiger partial charge in [-0.3, -0.25) is 24.0 Å². The normalized spacial score (nSPS) is 25.4. The van der Waals surface area contributed by atoms with Gasteiger partial charge in [0.05, 0.1) is 12.1 Å². The smallest absolute Gasteiger partial charge is 0.303 e. The third-order valence-electron chi connectivity index (χ3n) is 18.3. The van der Waals surface area contributed by atoms with Crippen LogP contribution in [-0.2, 0) is 19.1 Å². The van der Waals surface area contributed by atoms with E-state index in [0.29, 0.717) is 41.6 Å². The fourth-order valence-corrected chi connectivity index (χ4v) is 14.3. The highest BCUT2D eigenvalue weighted by molar-refractivity contribution is 6.04. The number of ketones is 2. The number of benzene rings is 3. The highest BCUT2D eigenvalue weighted by atomic mass is 19.1. The van der Waals surface area contributed by atoms with Crippen molar-refractivity contribution < 1.29 is 47.3 Å². The van der Waals surface area contributed by atoms with Gasteiger partial charge in [0.1, 0.15) is 17.1 Å². The number of aromatic hydroxyl groups is 1. The van der Waals surface area contributed by atoms with E-state index in [4.69, 9.17) is 9.15 Å². The van der Waals surface area contributed by atoms with Crippen molar-refractivity contribution in [2.75, 3.05) is 6.61 Å². The van der Waals surface area contributed by atoms with Crippen LogP contribution in [0.2, 0.25) is 0 Å². The Morgan fingerprint density at radius 1 is 0.836 bits per heavy atom. The van der Waals surface area contributed by atoms with E-state index in [1.54, 1.807) is 18.6 Å². The molecule has 9 atom stereocenters. The van der Waals surface area contributed by atoms with Crippen LogP contribution >= 0.6 is 0 Å². The molecular formula is C61H77F2NO9. The van der Waals surface area contributed by atoms with Gasteiger partial charge in [-0.05, 0) is 166 Å². The summed E-state index contributed by atoms with van der Waals surface area (Å²) in [5, 5.41) is 22.4. The number of amides is 1. The van der Waals surface area contributed by atoms with Crippen molar-refractivity contribution in [1.82, 2.24) is 5.32 Å². The van der Waals surface area contributed by atoms with Crippen molar-refractivity contribution in [3.63, 3.8) is 0 Å². The number of nitrogens with one attached hydrogen (secondary N) is 1. The molecule has 3 N–H and O–H groups in total. The average Bonchev–Trinajstić information content (AvgIpc) is 3.70. The van der Waals surface area contributed by atoms with Gasteiger partial charge in [0.25, 0.3) is 5.91 Å². The number of phenols is 1. The molecular weight excluding hydrogens is 929 g/mol. The number of allylic oxidation sites excluding steroid dienone is 1. The summed E-state index contributed by atoms with van der Waals surface area (Å²) in [7, 11) is 0. The van der Waals surface area contributed by atoms with Crippen molar-refractivity contribution in [1.29, 1.82) is 0 Å². The molecule has 1 aliphatic heterocycles. The number of phenolic OH excluding ortho intramolecular Hbond substituents is 1. The average molecular weight is 1010 g/mol. The molecule has 2 aromatic rings. The number of hydrogen-bond acceptors (Lipinski definition) is 8. The maximum atomic E-state index is 14.7. The van der Waals surface area contributed by atoms with Gasteiger partial charge in [-0.2, -0.15) is 0 Å². The molecule has 0 radical (unpaired) electrons. The number of aliphatic carboxylic acids is 1. The van der Waals surface area contributed by atoms with E-state index in [0.717, 1.165) is 79.0 Å². The van der Waals surface area contributed by atoms with E-state index < -0.39 is 40.7 Å². The van der Waals surface area contributed by atoms with Gasteiger partial charge in [-0.1, -0.05) is 71.6 Å². The number of carboxylic acid groups (broad SMARTS) is 1. The minimum absolute atomic E-state index is 0.00435. The number of Topliss-reactive ketones (excluding diaryl/α,β-unsaturated/α-hetero) is 2. The third kappa shape index (κ3) is 11.7. The highest BCUT2D eigenvalue weighted by Gasteiger charge is 2.59. The number of halogens is 2. The molecule has 2 aromatic carbocycles. The molecule has 394 valence electrons. The van der Waals surface area contributed by atoms with Crippen molar-refractivity contribution in [3.8, 4) is 28.2 Å². The number of ether oxygens (including phenoxy) is 1. The lowest BCUT2D eigenvalue weighted by Gasteiger charge is -2.58. The number of carbonyl (C=O) groups is 4. The van der Waals surface area contributed by atoms with Gasteiger partial charge in [0.15, 0.2) is 23.2 Å². The van der Waals surface area contributed by atoms with Gasteiger partial charge >= 0.3 is 5.97 Å². The molecule has 0 saturated heterocycles. The largest absolute Gasteiger partial charge is 0.505 e. The molecule has 0 spiro atoms. The van der Waals surface area contributed by atoms with Gasteiger partial charge in [-0.25, -0.2) is 8.78 Å². The standard InChI is InChI=1S/C61H77F2NO9/c1-35(2)11-9-12-36(3)46-20-21-47-43-19-17-39-30-41(24-26-60(39,5)48(43)25-27-61(46,47)6)72-28-8-7-13-40(65)14-10-15-52(66)51(22-23-57(69)70)64-59(71)38-16-18-42(37(4)29-38)58-44-31-49(62)53(67)33-55(44)73-56-34-54(68)50(63)32-45(56)58/h16-18,29,31-36,41,43,46-48,51,67H,7-15,19-28,30H2,1-6H3,(H,64,71)(H,69,70)/t36-,41+,43-,46?,47+,48?,51+,60?,61?/m1/s1. The molecule has 1 amide bonds. The Balaban J connectivity index is 0.789. The van der Waals surface area contributed by atoms with Crippen LogP contribution in [-0.4, -0.2) is 52.4 Å². The molecule has 8 rings (SSSR count). The lowest BCUT2D eigenvalue weighted by Crippen LogP contribution is -2.51. The summed E-state index contributed by atoms with van der Waals surface area (Å²) in [6, 6.07) is 7.53. The quantitative estimate of drug-likeness (QED) is 0.0395. The van der Waals surface area contributed by atoms with E-state index in [9.17, 15) is 43.0 Å². The topological polar surface area (TPSA) is 160 Å². The third-order valence-corrected chi connectivity index (χ3v) is 18.3. The van der Waals surface area contributed by atoms with Crippen LogP contribution < -0.4 is 10.7 Å². The Morgan fingerprint density at radius 2 is 1.62 bits per heavy atom. The van der Waals surface area contributed by atoms with Crippen LogP contribution in [0.15, 0.2) is 63.3 Å². The molecule has 10 nitrogen and oxygen atoms in total. The number of rotatable bonds is 22. The summed E-state index contributed by atoms with van der Waals surface area (Å²) < 4.78 is 41.6. The minimum Gasteiger partial charge on any atom is -0.505 e.